The van der Waals surface area contributed by atoms with Gasteiger partial charge >= 0.3 is 0 Å². The highest BCUT2D eigenvalue weighted by molar-refractivity contribution is 5.94. The molecular weight excluding hydrogens is 228 g/mol. The Morgan fingerprint density at radius 3 is 2.89 bits per heavy atom. The van der Waals surface area contributed by atoms with Gasteiger partial charge < -0.3 is 10.1 Å². The van der Waals surface area contributed by atoms with Gasteiger partial charge in [-0.05, 0) is 19.1 Å². The van der Waals surface area contributed by atoms with E-state index in [4.69, 9.17) is 4.74 Å². The highest BCUT2D eigenvalue weighted by Gasteiger charge is 2.10. The molecule has 0 unspecified atom stereocenters. The molecule has 0 spiro atoms. The molecule has 1 amide bonds. The molecule has 0 saturated carbocycles. The molecule has 1 aliphatic heterocycles. The number of nitrogens with one attached hydrogen (secondary N) is 1. The maximum Gasteiger partial charge on any atom is 0.251 e. The first-order valence-corrected chi connectivity index (χ1v) is 6.41. The molecule has 1 aliphatic rings. The van der Waals surface area contributed by atoms with Gasteiger partial charge in [-0.2, -0.15) is 0 Å². The van der Waals surface area contributed by atoms with Gasteiger partial charge in [0.1, 0.15) is 0 Å². The minimum atomic E-state index is 0.00644. The van der Waals surface area contributed by atoms with Crippen molar-refractivity contribution in [3.63, 3.8) is 0 Å². The molecule has 98 valence electrons. The second-order valence-electron chi connectivity index (χ2n) is 4.58. The van der Waals surface area contributed by atoms with Gasteiger partial charge in [0.15, 0.2) is 0 Å². The molecule has 2 rings (SSSR count). The van der Waals surface area contributed by atoms with E-state index < -0.39 is 0 Å². The van der Waals surface area contributed by atoms with E-state index >= 15 is 0 Å². The minimum Gasteiger partial charge on any atom is -0.379 e. The third kappa shape index (κ3) is 3.82. The van der Waals surface area contributed by atoms with E-state index in [2.05, 4.69) is 10.2 Å². The SMILES string of the molecule is Cc1cccc(C(=O)NCCN2CCOCC2)c1. The molecule has 18 heavy (non-hydrogen) atoms. The Bertz CT molecular complexity index is 401. The third-order valence-corrected chi connectivity index (χ3v) is 3.10. The Morgan fingerprint density at radius 2 is 2.17 bits per heavy atom. The summed E-state index contributed by atoms with van der Waals surface area (Å²) in [6.45, 7) is 7.08. The van der Waals surface area contributed by atoms with Crippen molar-refractivity contribution in [3.05, 3.63) is 35.4 Å². The average Bonchev–Trinajstić information content (AvgIpc) is 2.40. The first-order valence-electron chi connectivity index (χ1n) is 6.41. The molecule has 4 heteroatoms. The summed E-state index contributed by atoms with van der Waals surface area (Å²) in [5.74, 6) is 0.00644. The third-order valence-electron chi connectivity index (χ3n) is 3.10. The van der Waals surface area contributed by atoms with Crippen LogP contribution in [0.2, 0.25) is 0 Å². The topological polar surface area (TPSA) is 41.6 Å². The van der Waals surface area contributed by atoms with E-state index in [0.29, 0.717) is 6.54 Å². The monoisotopic (exact) mass is 248 g/mol. The maximum atomic E-state index is 11.9. The number of hydrogen-bond acceptors (Lipinski definition) is 3. The highest BCUT2D eigenvalue weighted by Crippen LogP contribution is 2.03. The van der Waals surface area contributed by atoms with Crippen LogP contribution in [0.5, 0.6) is 0 Å². The van der Waals surface area contributed by atoms with Crippen LogP contribution in [0.1, 0.15) is 15.9 Å². The van der Waals surface area contributed by atoms with Crippen molar-refractivity contribution in [1.29, 1.82) is 0 Å². The average molecular weight is 248 g/mol. The zero-order valence-corrected chi connectivity index (χ0v) is 10.8. The Kier molecular flexibility index (Phi) is 4.73. The van der Waals surface area contributed by atoms with Crippen molar-refractivity contribution in [2.45, 2.75) is 6.92 Å². The smallest absolute Gasteiger partial charge is 0.251 e. The fraction of sp³-hybridized carbons (Fsp3) is 0.500. The fourth-order valence-electron chi connectivity index (χ4n) is 2.04. The summed E-state index contributed by atoms with van der Waals surface area (Å²) in [7, 11) is 0. The zero-order chi connectivity index (χ0) is 12.8. The lowest BCUT2D eigenvalue weighted by molar-refractivity contribution is 0.0383. The van der Waals surface area contributed by atoms with Crippen molar-refractivity contribution < 1.29 is 9.53 Å². The standard InChI is InChI=1S/C14H20N2O2/c1-12-3-2-4-13(11-12)14(17)15-5-6-16-7-9-18-10-8-16/h2-4,11H,5-10H2,1H3,(H,15,17). The number of ether oxygens (including phenoxy) is 1. The van der Waals surface area contributed by atoms with Gasteiger partial charge in [0.25, 0.3) is 5.91 Å². The number of carbonyl (C=O) groups is 1. The van der Waals surface area contributed by atoms with Gasteiger partial charge in [0.05, 0.1) is 13.2 Å². The van der Waals surface area contributed by atoms with Crippen LogP contribution in [0.15, 0.2) is 24.3 Å². The molecule has 4 nitrogen and oxygen atoms in total. The van der Waals surface area contributed by atoms with Crippen molar-refractivity contribution in [2.24, 2.45) is 0 Å². The lowest BCUT2D eigenvalue weighted by atomic mass is 10.1. The minimum absolute atomic E-state index is 0.00644. The summed E-state index contributed by atoms with van der Waals surface area (Å²) >= 11 is 0. The first-order chi connectivity index (χ1) is 8.75. The molecule has 1 fully saturated rings. The largest absolute Gasteiger partial charge is 0.379 e. The van der Waals surface area contributed by atoms with Gasteiger partial charge in [-0.3, -0.25) is 9.69 Å². The second kappa shape index (κ2) is 6.52. The normalized spacial score (nSPS) is 16.5. The number of rotatable bonds is 4. The van der Waals surface area contributed by atoms with Crippen LogP contribution in [0.25, 0.3) is 0 Å². The molecule has 1 heterocycles. The van der Waals surface area contributed by atoms with Crippen LogP contribution in [0.3, 0.4) is 0 Å². The van der Waals surface area contributed by atoms with Gasteiger partial charge in [0.2, 0.25) is 0 Å². The van der Waals surface area contributed by atoms with Crippen LogP contribution in [0, 0.1) is 6.92 Å². The molecule has 0 bridgehead atoms. The summed E-state index contributed by atoms with van der Waals surface area (Å²) in [4.78, 5) is 14.2. The molecule has 0 aromatic heterocycles. The Hall–Kier alpha value is -1.39. The number of hydrogen-bond donors (Lipinski definition) is 1. The van der Waals surface area contributed by atoms with Crippen LogP contribution in [-0.4, -0.2) is 50.2 Å². The van der Waals surface area contributed by atoms with Gasteiger partial charge in [-0.15, -0.1) is 0 Å². The summed E-state index contributed by atoms with van der Waals surface area (Å²) in [6, 6.07) is 7.65. The van der Waals surface area contributed by atoms with Crippen molar-refractivity contribution >= 4 is 5.91 Å². The molecular formula is C14H20N2O2. The quantitative estimate of drug-likeness (QED) is 0.866. The number of aryl methyl sites for hydroxylation is 1. The van der Waals surface area contributed by atoms with E-state index in [0.717, 1.165) is 44.0 Å². The van der Waals surface area contributed by atoms with Crippen LogP contribution < -0.4 is 5.32 Å². The highest BCUT2D eigenvalue weighted by atomic mass is 16.5. The van der Waals surface area contributed by atoms with Crippen LogP contribution in [0.4, 0.5) is 0 Å². The number of benzene rings is 1. The van der Waals surface area contributed by atoms with E-state index in [1.165, 1.54) is 0 Å². The number of carbonyl (C=O) groups excluding carboxylic acids is 1. The predicted octanol–water partition coefficient (Wildman–Crippen LogP) is 1.06. The van der Waals surface area contributed by atoms with E-state index in [9.17, 15) is 4.79 Å². The summed E-state index contributed by atoms with van der Waals surface area (Å²) in [6.07, 6.45) is 0. The van der Waals surface area contributed by atoms with E-state index in [1.807, 2.05) is 31.2 Å². The number of amides is 1. The van der Waals surface area contributed by atoms with Gasteiger partial charge in [-0.25, -0.2) is 0 Å². The summed E-state index contributed by atoms with van der Waals surface area (Å²) < 4.78 is 5.28. The number of nitrogens with zero attached hydrogens (tertiary/aromatic N) is 1. The first kappa shape index (κ1) is 13.1. The summed E-state index contributed by atoms with van der Waals surface area (Å²) in [5, 5.41) is 2.95. The Balaban J connectivity index is 1.74. The number of morpholine rings is 1. The van der Waals surface area contributed by atoms with Crippen LogP contribution >= 0.6 is 0 Å². The zero-order valence-electron chi connectivity index (χ0n) is 10.8. The molecule has 0 radical (unpaired) electrons. The van der Waals surface area contributed by atoms with Crippen molar-refractivity contribution in [3.8, 4) is 0 Å². The van der Waals surface area contributed by atoms with Gasteiger partial charge in [0, 0.05) is 31.7 Å². The predicted molar refractivity (Wildman–Crippen MR) is 70.8 cm³/mol. The molecule has 1 saturated heterocycles. The Labute approximate surface area is 108 Å². The molecule has 1 aromatic rings. The molecule has 1 N–H and O–H groups in total. The molecule has 0 atom stereocenters. The maximum absolute atomic E-state index is 11.9. The van der Waals surface area contributed by atoms with Crippen molar-refractivity contribution in [2.75, 3.05) is 39.4 Å². The molecule has 0 aliphatic carbocycles. The lowest BCUT2D eigenvalue weighted by Crippen LogP contribution is -2.41. The van der Waals surface area contributed by atoms with Crippen LogP contribution in [-0.2, 0) is 4.74 Å². The molecule has 1 aromatic carbocycles. The van der Waals surface area contributed by atoms with E-state index in [-0.39, 0.29) is 5.91 Å². The van der Waals surface area contributed by atoms with Gasteiger partial charge in [-0.1, -0.05) is 17.7 Å². The van der Waals surface area contributed by atoms with Crippen molar-refractivity contribution in [1.82, 2.24) is 10.2 Å². The lowest BCUT2D eigenvalue weighted by Gasteiger charge is -2.26. The van der Waals surface area contributed by atoms with E-state index in [1.54, 1.807) is 0 Å². The second-order valence-corrected chi connectivity index (χ2v) is 4.58. The fourth-order valence-corrected chi connectivity index (χ4v) is 2.04. The summed E-state index contributed by atoms with van der Waals surface area (Å²) in [5.41, 5.74) is 1.84. The Morgan fingerprint density at radius 1 is 1.39 bits per heavy atom.